The Bertz CT molecular complexity index is 477. The molecule has 0 spiro atoms. The molecule has 1 aromatic rings. The van der Waals surface area contributed by atoms with Crippen LogP contribution in [0.4, 0.5) is 0 Å². The standard InChI is InChI=1S/C17H30N4O2/c1-6-18-17(21-14(4)13(2)3)20-12-15-8-7-9-19-16(15)23-11-10-22-5/h7-9,13-14H,6,10-12H2,1-5H3,(H2,18,20,21). The van der Waals surface area contributed by atoms with Crippen LogP contribution in [0.25, 0.3) is 0 Å². The SMILES string of the molecule is CCNC(=NCc1cccnc1OCCOC)NC(C)C(C)C. The van der Waals surface area contributed by atoms with Crippen molar-refractivity contribution in [3.63, 3.8) is 0 Å². The first-order chi connectivity index (χ1) is 11.1. The van der Waals surface area contributed by atoms with Gasteiger partial charge in [0.2, 0.25) is 5.88 Å². The number of hydrogen-bond donors (Lipinski definition) is 2. The number of ether oxygens (including phenoxy) is 2. The number of guanidine groups is 1. The van der Waals surface area contributed by atoms with Crippen molar-refractivity contribution >= 4 is 5.96 Å². The Kier molecular flexibility index (Phi) is 9.05. The number of methoxy groups -OCH3 is 1. The van der Waals surface area contributed by atoms with Gasteiger partial charge in [-0.15, -0.1) is 0 Å². The van der Waals surface area contributed by atoms with Gasteiger partial charge in [-0.3, -0.25) is 0 Å². The van der Waals surface area contributed by atoms with E-state index < -0.39 is 0 Å². The van der Waals surface area contributed by atoms with Crippen LogP contribution in [0.3, 0.4) is 0 Å². The summed E-state index contributed by atoms with van der Waals surface area (Å²) in [5.74, 6) is 1.95. The van der Waals surface area contributed by atoms with Gasteiger partial charge in [0.25, 0.3) is 0 Å². The van der Waals surface area contributed by atoms with Gasteiger partial charge in [-0.05, 0) is 25.8 Å². The van der Waals surface area contributed by atoms with Crippen LogP contribution in [0.1, 0.15) is 33.3 Å². The molecule has 1 heterocycles. The molecule has 0 aromatic carbocycles. The number of rotatable bonds is 9. The lowest BCUT2D eigenvalue weighted by Gasteiger charge is -2.20. The van der Waals surface area contributed by atoms with Gasteiger partial charge >= 0.3 is 0 Å². The molecule has 0 fully saturated rings. The fraction of sp³-hybridized carbons (Fsp3) is 0.647. The second kappa shape index (κ2) is 10.8. The average molecular weight is 322 g/mol. The monoisotopic (exact) mass is 322 g/mol. The Morgan fingerprint density at radius 3 is 2.74 bits per heavy atom. The van der Waals surface area contributed by atoms with Gasteiger partial charge in [-0.1, -0.05) is 19.9 Å². The Balaban J connectivity index is 2.74. The number of nitrogens with zero attached hydrogens (tertiary/aromatic N) is 2. The third-order valence-corrected chi connectivity index (χ3v) is 3.49. The molecule has 0 amide bonds. The molecule has 0 aliphatic rings. The van der Waals surface area contributed by atoms with Gasteiger partial charge in [-0.2, -0.15) is 0 Å². The van der Waals surface area contributed by atoms with Gasteiger partial charge < -0.3 is 20.1 Å². The van der Waals surface area contributed by atoms with E-state index in [1.54, 1.807) is 13.3 Å². The Hall–Kier alpha value is -1.82. The summed E-state index contributed by atoms with van der Waals surface area (Å²) in [6.07, 6.45) is 1.72. The van der Waals surface area contributed by atoms with E-state index in [2.05, 4.69) is 48.3 Å². The minimum atomic E-state index is 0.346. The summed E-state index contributed by atoms with van der Waals surface area (Å²) in [7, 11) is 1.65. The summed E-state index contributed by atoms with van der Waals surface area (Å²) in [6.45, 7) is 10.9. The molecule has 23 heavy (non-hydrogen) atoms. The number of hydrogen-bond acceptors (Lipinski definition) is 4. The highest BCUT2D eigenvalue weighted by molar-refractivity contribution is 5.80. The summed E-state index contributed by atoms with van der Waals surface area (Å²) in [6, 6.07) is 4.22. The first-order valence-electron chi connectivity index (χ1n) is 8.18. The zero-order chi connectivity index (χ0) is 17.1. The predicted molar refractivity (Wildman–Crippen MR) is 93.9 cm³/mol. The summed E-state index contributed by atoms with van der Waals surface area (Å²) in [5, 5.41) is 6.69. The van der Waals surface area contributed by atoms with Crippen LogP contribution in [-0.4, -0.2) is 43.9 Å². The van der Waals surface area contributed by atoms with Gasteiger partial charge in [0, 0.05) is 31.5 Å². The average Bonchev–Trinajstić information content (AvgIpc) is 2.54. The molecule has 0 saturated heterocycles. The molecule has 0 bridgehead atoms. The zero-order valence-electron chi connectivity index (χ0n) is 14.9. The van der Waals surface area contributed by atoms with Gasteiger partial charge in [-0.25, -0.2) is 9.98 Å². The van der Waals surface area contributed by atoms with Crippen molar-refractivity contribution in [2.75, 3.05) is 26.9 Å². The molecule has 1 atom stereocenters. The van der Waals surface area contributed by atoms with Crippen LogP contribution in [0.2, 0.25) is 0 Å². The quantitative estimate of drug-likeness (QED) is 0.414. The smallest absolute Gasteiger partial charge is 0.218 e. The van der Waals surface area contributed by atoms with Gasteiger partial charge in [0.1, 0.15) is 6.61 Å². The van der Waals surface area contributed by atoms with Crippen molar-refractivity contribution in [1.29, 1.82) is 0 Å². The first kappa shape index (κ1) is 19.2. The fourth-order valence-electron chi connectivity index (χ4n) is 1.76. The molecule has 2 N–H and O–H groups in total. The van der Waals surface area contributed by atoms with E-state index in [0.29, 0.717) is 37.6 Å². The highest BCUT2D eigenvalue weighted by atomic mass is 16.5. The van der Waals surface area contributed by atoms with E-state index in [4.69, 9.17) is 9.47 Å². The van der Waals surface area contributed by atoms with Crippen LogP contribution in [0, 0.1) is 5.92 Å². The molecule has 1 aromatic heterocycles. The molecule has 0 aliphatic heterocycles. The largest absolute Gasteiger partial charge is 0.475 e. The summed E-state index contributed by atoms with van der Waals surface area (Å²) in [5.41, 5.74) is 0.956. The molecule has 0 aliphatic carbocycles. The Morgan fingerprint density at radius 2 is 2.09 bits per heavy atom. The van der Waals surface area contributed by atoms with Crippen molar-refractivity contribution in [1.82, 2.24) is 15.6 Å². The summed E-state index contributed by atoms with van der Waals surface area (Å²) in [4.78, 5) is 8.91. The van der Waals surface area contributed by atoms with E-state index in [1.165, 1.54) is 0 Å². The molecular weight excluding hydrogens is 292 g/mol. The predicted octanol–water partition coefficient (Wildman–Crippen LogP) is 2.21. The highest BCUT2D eigenvalue weighted by Gasteiger charge is 2.10. The molecule has 0 radical (unpaired) electrons. The molecule has 0 saturated carbocycles. The highest BCUT2D eigenvalue weighted by Crippen LogP contribution is 2.15. The summed E-state index contributed by atoms with van der Waals surface area (Å²) < 4.78 is 10.6. The summed E-state index contributed by atoms with van der Waals surface area (Å²) >= 11 is 0. The molecule has 1 unspecified atom stereocenters. The number of nitrogens with one attached hydrogen (secondary N) is 2. The van der Waals surface area contributed by atoms with Gasteiger partial charge in [0.15, 0.2) is 5.96 Å². The van der Waals surface area contributed by atoms with Crippen LogP contribution in [-0.2, 0) is 11.3 Å². The van der Waals surface area contributed by atoms with Crippen LogP contribution in [0.5, 0.6) is 5.88 Å². The molecule has 130 valence electrons. The Morgan fingerprint density at radius 1 is 1.30 bits per heavy atom. The van der Waals surface area contributed by atoms with Gasteiger partial charge in [0.05, 0.1) is 13.2 Å². The molecule has 6 heteroatoms. The normalized spacial score (nSPS) is 13.0. The Labute approximate surface area is 139 Å². The van der Waals surface area contributed by atoms with Crippen molar-refractivity contribution in [2.24, 2.45) is 10.9 Å². The van der Waals surface area contributed by atoms with E-state index in [-0.39, 0.29) is 0 Å². The van der Waals surface area contributed by atoms with E-state index in [1.807, 2.05) is 12.1 Å². The molecular formula is C17H30N4O2. The lowest BCUT2D eigenvalue weighted by Crippen LogP contribution is -2.44. The molecule has 6 nitrogen and oxygen atoms in total. The van der Waals surface area contributed by atoms with Crippen molar-refractivity contribution < 1.29 is 9.47 Å². The van der Waals surface area contributed by atoms with Crippen molar-refractivity contribution in [3.05, 3.63) is 23.9 Å². The lowest BCUT2D eigenvalue weighted by atomic mass is 10.1. The van der Waals surface area contributed by atoms with E-state index in [9.17, 15) is 0 Å². The van der Waals surface area contributed by atoms with E-state index in [0.717, 1.165) is 18.1 Å². The first-order valence-corrected chi connectivity index (χ1v) is 8.18. The minimum absolute atomic E-state index is 0.346. The maximum atomic E-state index is 5.64. The number of pyridine rings is 1. The maximum absolute atomic E-state index is 5.64. The third kappa shape index (κ3) is 7.32. The van der Waals surface area contributed by atoms with Crippen LogP contribution < -0.4 is 15.4 Å². The van der Waals surface area contributed by atoms with E-state index >= 15 is 0 Å². The van der Waals surface area contributed by atoms with Crippen LogP contribution >= 0.6 is 0 Å². The lowest BCUT2D eigenvalue weighted by molar-refractivity contribution is 0.143. The second-order valence-corrected chi connectivity index (χ2v) is 5.68. The number of aliphatic imine (C=N–C) groups is 1. The third-order valence-electron chi connectivity index (χ3n) is 3.49. The molecule has 1 rings (SSSR count). The van der Waals surface area contributed by atoms with Crippen molar-refractivity contribution in [3.8, 4) is 5.88 Å². The number of aromatic nitrogens is 1. The minimum Gasteiger partial charge on any atom is -0.475 e. The zero-order valence-corrected chi connectivity index (χ0v) is 14.9. The van der Waals surface area contributed by atoms with Crippen LogP contribution in [0.15, 0.2) is 23.3 Å². The van der Waals surface area contributed by atoms with Crippen molar-refractivity contribution in [2.45, 2.75) is 40.3 Å². The fourth-order valence-corrected chi connectivity index (χ4v) is 1.76. The maximum Gasteiger partial charge on any atom is 0.218 e. The topological polar surface area (TPSA) is 67.8 Å². The second-order valence-electron chi connectivity index (χ2n) is 5.68.